The number of imidazole rings is 1. The molecule has 2 aromatic carbocycles. The number of aromatic nitrogens is 3. The minimum atomic E-state index is -0.537. The Kier molecular flexibility index (Phi) is 6.45. The van der Waals surface area contributed by atoms with Crippen molar-refractivity contribution in [1.29, 1.82) is 0 Å². The number of pyridine rings is 1. The largest absolute Gasteiger partial charge is 0.496 e. The van der Waals surface area contributed by atoms with Crippen molar-refractivity contribution in [3.05, 3.63) is 66.4 Å². The molecule has 4 aliphatic rings. The first kappa shape index (κ1) is 27.1. The third kappa shape index (κ3) is 5.00. The van der Waals surface area contributed by atoms with E-state index in [1.807, 2.05) is 12.1 Å². The van der Waals surface area contributed by atoms with Crippen LogP contribution in [0.1, 0.15) is 55.8 Å². The summed E-state index contributed by atoms with van der Waals surface area (Å²) in [6.07, 6.45) is 6.67. The molecule has 4 bridgehead atoms. The van der Waals surface area contributed by atoms with E-state index in [1.165, 1.54) is 6.92 Å². The third-order valence-electron chi connectivity index (χ3n) is 9.21. The number of aromatic amines is 1. The van der Waals surface area contributed by atoms with Crippen LogP contribution in [-0.4, -0.2) is 45.4 Å². The second kappa shape index (κ2) is 10.2. The molecular weight excluding hydrogens is 546 g/mol. The molecule has 4 aromatic rings. The number of carbonyl (C=O) groups is 3. The summed E-state index contributed by atoms with van der Waals surface area (Å²) in [6, 6.07) is 16.1. The molecular formula is C33H33N5O5. The lowest BCUT2D eigenvalue weighted by Crippen LogP contribution is -2.60. The van der Waals surface area contributed by atoms with Crippen LogP contribution in [0, 0.1) is 17.3 Å². The molecule has 2 unspecified atom stereocenters. The first-order chi connectivity index (χ1) is 20.7. The zero-order valence-corrected chi connectivity index (χ0v) is 24.1. The van der Waals surface area contributed by atoms with Crippen molar-refractivity contribution in [3.63, 3.8) is 0 Å². The van der Waals surface area contributed by atoms with Crippen LogP contribution in [-0.2, 0) is 14.3 Å². The number of ether oxygens (including phenoxy) is 2. The minimum Gasteiger partial charge on any atom is -0.496 e. The van der Waals surface area contributed by atoms with E-state index in [1.54, 1.807) is 55.8 Å². The van der Waals surface area contributed by atoms with Gasteiger partial charge >= 0.3 is 5.97 Å². The number of nitrogens with zero attached hydrogens (tertiary/aromatic N) is 2. The minimum absolute atomic E-state index is 0.0202. The highest BCUT2D eigenvalue weighted by Crippen LogP contribution is 2.63. The van der Waals surface area contributed by atoms with Crippen LogP contribution in [0.25, 0.3) is 22.4 Å². The van der Waals surface area contributed by atoms with Crippen molar-refractivity contribution in [2.75, 3.05) is 17.7 Å². The maximum atomic E-state index is 13.8. The van der Waals surface area contributed by atoms with Gasteiger partial charge in [-0.15, -0.1) is 0 Å². The summed E-state index contributed by atoms with van der Waals surface area (Å²) in [5, 5.41) is 5.94. The molecule has 8 rings (SSSR count). The Bertz CT molecular complexity index is 1740. The van der Waals surface area contributed by atoms with Gasteiger partial charge in [-0.05, 0) is 86.4 Å². The first-order valence-corrected chi connectivity index (χ1v) is 14.6. The molecule has 2 aromatic heterocycles. The monoisotopic (exact) mass is 579 g/mol. The van der Waals surface area contributed by atoms with Gasteiger partial charge in [-0.3, -0.25) is 14.4 Å². The molecule has 0 spiro atoms. The van der Waals surface area contributed by atoms with E-state index in [4.69, 9.17) is 14.5 Å². The Hall–Kier alpha value is -4.73. The van der Waals surface area contributed by atoms with Crippen LogP contribution < -0.4 is 15.4 Å². The molecule has 220 valence electrons. The first-order valence-electron chi connectivity index (χ1n) is 14.6. The van der Waals surface area contributed by atoms with E-state index in [2.05, 4.69) is 20.6 Å². The number of amides is 2. The Morgan fingerprint density at radius 2 is 1.79 bits per heavy atom. The number of H-pyrrole nitrogens is 1. The van der Waals surface area contributed by atoms with Crippen LogP contribution in [0.2, 0.25) is 0 Å². The zero-order valence-electron chi connectivity index (χ0n) is 24.1. The molecule has 2 amide bonds. The summed E-state index contributed by atoms with van der Waals surface area (Å²) in [6.45, 7) is 1.46. The van der Waals surface area contributed by atoms with E-state index in [9.17, 15) is 14.4 Å². The maximum absolute atomic E-state index is 13.8. The van der Waals surface area contributed by atoms with Crippen molar-refractivity contribution >= 4 is 40.3 Å². The molecule has 2 heterocycles. The highest BCUT2D eigenvalue weighted by molar-refractivity contribution is 6.05. The van der Waals surface area contributed by atoms with Gasteiger partial charge in [0.25, 0.3) is 5.91 Å². The molecule has 4 atom stereocenters. The fourth-order valence-electron chi connectivity index (χ4n) is 8.00. The number of carbonyl (C=O) groups excluding carboxylic acids is 3. The number of rotatable bonds is 7. The van der Waals surface area contributed by atoms with Gasteiger partial charge in [0, 0.05) is 36.9 Å². The van der Waals surface area contributed by atoms with Gasteiger partial charge in [0.15, 0.2) is 0 Å². The fraction of sp³-hybridized carbons (Fsp3) is 0.364. The van der Waals surface area contributed by atoms with E-state index in [0.29, 0.717) is 57.9 Å². The summed E-state index contributed by atoms with van der Waals surface area (Å²) in [7, 11) is 1.58. The average molecular weight is 580 g/mol. The van der Waals surface area contributed by atoms with Crippen molar-refractivity contribution < 1.29 is 23.9 Å². The molecule has 10 nitrogen and oxygen atoms in total. The number of hydrogen-bond donors (Lipinski definition) is 3. The molecule has 0 saturated heterocycles. The lowest BCUT2D eigenvalue weighted by molar-refractivity contribution is -0.200. The average Bonchev–Trinajstić information content (AvgIpc) is 3.39. The van der Waals surface area contributed by atoms with Crippen LogP contribution in [0.3, 0.4) is 0 Å². The van der Waals surface area contributed by atoms with Gasteiger partial charge in [-0.25, -0.2) is 9.97 Å². The van der Waals surface area contributed by atoms with Gasteiger partial charge in [0.05, 0.1) is 29.1 Å². The Labute approximate surface area is 248 Å². The van der Waals surface area contributed by atoms with Gasteiger partial charge in [-0.2, -0.15) is 0 Å². The van der Waals surface area contributed by atoms with Crippen molar-refractivity contribution in [3.8, 4) is 17.1 Å². The molecule has 10 heteroatoms. The number of nitrogens with one attached hydrogen (secondary N) is 3. The molecule has 4 fully saturated rings. The summed E-state index contributed by atoms with van der Waals surface area (Å²) in [4.78, 5) is 50.7. The summed E-state index contributed by atoms with van der Waals surface area (Å²) < 4.78 is 11.6. The van der Waals surface area contributed by atoms with Crippen LogP contribution in [0.5, 0.6) is 5.75 Å². The van der Waals surface area contributed by atoms with Gasteiger partial charge in [-0.1, -0.05) is 6.07 Å². The summed E-state index contributed by atoms with van der Waals surface area (Å²) >= 11 is 0. The van der Waals surface area contributed by atoms with Crippen LogP contribution >= 0.6 is 0 Å². The number of fused-ring (bicyclic) bond motifs is 1. The molecule has 43 heavy (non-hydrogen) atoms. The summed E-state index contributed by atoms with van der Waals surface area (Å²) in [5.74, 6) is 1.84. The number of esters is 1. The second-order valence-corrected chi connectivity index (χ2v) is 12.4. The number of benzene rings is 2. The standard InChI is InChI=1S/C33H33N5O5/c1-19(39)43-33-16-20-11-21(17-33)15-32(14-20,18-33)31(41)35-23-7-8-24(27(13-23)42-2)29-36-25-9-6-22(12-26(25)37-29)30(40)38-28-5-3-4-10-34-28/h3-10,12-13,20-21H,11,14-18H2,1-2H3,(H,35,41)(H,36,37)(H,34,38,40)/t20-,21+,32?,33?. The highest BCUT2D eigenvalue weighted by atomic mass is 16.6. The third-order valence-corrected chi connectivity index (χ3v) is 9.21. The molecule has 0 radical (unpaired) electrons. The zero-order chi connectivity index (χ0) is 29.8. The quantitative estimate of drug-likeness (QED) is 0.238. The fourth-order valence-corrected chi connectivity index (χ4v) is 8.00. The van der Waals surface area contributed by atoms with Crippen molar-refractivity contribution in [2.45, 2.75) is 51.0 Å². The van der Waals surface area contributed by atoms with Gasteiger partial charge < -0.3 is 25.1 Å². The number of anilines is 2. The lowest BCUT2D eigenvalue weighted by atomic mass is 9.47. The molecule has 3 N–H and O–H groups in total. The smallest absolute Gasteiger partial charge is 0.303 e. The van der Waals surface area contributed by atoms with Crippen LogP contribution in [0.4, 0.5) is 11.5 Å². The van der Waals surface area contributed by atoms with Gasteiger partial charge in [0.2, 0.25) is 5.91 Å². The SMILES string of the molecule is COc1cc(NC(=O)C23C[C@@H]4C[C@@H](CC(OC(C)=O)(C4)C2)C3)ccc1-c1nc2ccc(C(=O)Nc3ccccn3)cc2[nH]1. The molecule has 4 saturated carbocycles. The molecule has 0 aliphatic heterocycles. The van der Waals surface area contributed by atoms with Crippen molar-refractivity contribution in [2.24, 2.45) is 17.3 Å². The Balaban J connectivity index is 1.11. The summed E-state index contributed by atoms with van der Waals surface area (Å²) in [5.41, 5.74) is 2.17. The Morgan fingerprint density at radius 1 is 0.977 bits per heavy atom. The van der Waals surface area contributed by atoms with E-state index < -0.39 is 11.0 Å². The predicted octanol–water partition coefficient (Wildman–Crippen LogP) is 5.73. The predicted molar refractivity (Wildman–Crippen MR) is 161 cm³/mol. The molecule has 4 aliphatic carbocycles. The lowest BCUT2D eigenvalue weighted by Gasteiger charge is -2.60. The van der Waals surface area contributed by atoms with Crippen molar-refractivity contribution in [1.82, 2.24) is 15.0 Å². The van der Waals surface area contributed by atoms with E-state index in [-0.39, 0.29) is 17.8 Å². The van der Waals surface area contributed by atoms with Gasteiger partial charge in [0.1, 0.15) is 23.0 Å². The number of hydrogen-bond acceptors (Lipinski definition) is 7. The van der Waals surface area contributed by atoms with E-state index in [0.717, 1.165) is 37.7 Å². The number of methoxy groups -OCH3 is 1. The van der Waals surface area contributed by atoms with E-state index >= 15 is 0 Å². The maximum Gasteiger partial charge on any atom is 0.303 e. The Morgan fingerprint density at radius 3 is 2.51 bits per heavy atom. The normalized spacial score (nSPS) is 25.3. The van der Waals surface area contributed by atoms with Crippen LogP contribution in [0.15, 0.2) is 60.8 Å². The topological polar surface area (TPSA) is 135 Å². The second-order valence-electron chi connectivity index (χ2n) is 12.4. The highest BCUT2D eigenvalue weighted by Gasteiger charge is 2.62.